The van der Waals surface area contributed by atoms with Crippen molar-refractivity contribution in [1.29, 1.82) is 0 Å². The lowest BCUT2D eigenvalue weighted by Crippen LogP contribution is -2.37. The van der Waals surface area contributed by atoms with Crippen molar-refractivity contribution in [3.63, 3.8) is 0 Å². The van der Waals surface area contributed by atoms with Crippen LogP contribution in [-0.4, -0.2) is 28.8 Å². The first kappa shape index (κ1) is 18.9. The van der Waals surface area contributed by atoms with Gasteiger partial charge in [-0.25, -0.2) is 0 Å². The molecule has 146 valence electrons. The van der Waals surface area contributed by atoms with Crippen LogP contribution in [0.2, 0.25) is 0 Å². The minimum atomic E-state index is -0.0808. The van der Waals surface area contributed by atoms with Crippen LogP contribution < -0.4 is 10.6 Å². The third-order valence-corrected chi connectivity index (χ3v) is 6.65. The second-order valence-electron chi connectivity index (χ2n) is 7.54. The van der Waals surface area contributed by atoms with Crippen molar-refractivity contribution in [2.75, 3.05) is 13.1 Å². The number of aromatic nitrogens is 2. The van der Waals surface area contributed by atoms with Crippen LogP contribution in [0.15, 0.2) is 54.2 Å². The highest BCUT2D eigenvalue weighted by Crippen LogP contribution is 2.31. The van der Waals surface area contributed by atoms with Gasteiger partial charge in [0.05, 0.1) is 18.2 Å². The highest BCUT2D eigenvalue weighted by atomic mass is 32.1. The maximum absolute atomic E-state index is 13.3. The Kier molecular flexibility index (Phi) is 5.59. The van der Waals surface area contributed by atoms with E-state index in [1.807, 2.05) is 25.5 Å². The molecule has 0 aliphatic carbocycles. The van der Waals surface area contributed by atoms with Gasteiger partial charge in [-0.1, -0.05) is 30.3 Å². The molecule has 28 heavy (non-hydrogen) atoms. The van der Waals surface area contributed by atoms with Crippen LogP contribution in [0.4, 0.5) is 0 Å². The zero-order valence-corrected chi connectivity index (χ0v) is 17.1. The van der Waals surface area contributed by atoms with Crippen molar-refractivity contribution in [3.8, 4) is 0 Å². The molecule has 2 aromatic heterocycles. The van der Waals surface area contributed by atoms with Crippen molar-refractivity contribution in [1.82, 2.24) is 20.4 Å². The van der Waals surface area contributed by atoms with Crippen molar-refractivity contribution >= 4 is 17.2 Å². The largest absolute Gasteiger partial charge is 0.348 e. The van der Waals surface area contributed by atoms with Crippen LogP contribution in [-0.2, 0) is 18.3 Å². The molecule has 1 amide bonds. The third kappa shape index (κ3) is 4.03. The molecule has 1 fully saturated rings. The molecular weight excluding hydrogens is 368 g/mol. The molecule has 6 heteroatoms. The van der Waals surface area contributed by atoms with E-state index in [0.717, 1.165) is 18.5 Å². The Hall–Kier alpha value is -2.44. The van der Waals surface area contributed by atoms with Gasteiger partial charge in [0.1, 0.15) is 0 Å². The second kappa shape index (κ2) is 8.29. The average Bonchev–Trinajstić information content (AvgIpc) is 3.42. The summed E-state index contributed by atoms with van der Waals surface area (Å²) in [4.78, 5) is 14.5. The molecule has 1 aliphatic heterocycles. The summed E-state index contributed by atoms with van der Waals surface area (Å²) in [6.45, 7) is 3.63. The lowest BCUT2D eigenvalue weighted by atomic mass is 9.89. The van der Waals surface area contributed by atoms with Gasteiger partial charge in [-0.2, -0.15) is 5.10 Å². The monoisotopic (exact) mass is 394 g/mol. The number of thiophene rings is 1. The van der Waals surface area contributed by atoms with Crippen LogP contribution in [0.25, 0.3) is 0 Å². The van der Waals surface area contributed by atoms with Gasteiger partial charge in [-0.05, 0) is 41.5 Å². The summed E-state index contributed by atoms with van der Waals surface area (Å²) in [6.07, 6.45) is 4.69. The number of aryl methyl sites for hydroxylation is 2. The molecule has 1 unspecified atom stereocenters. The number of hydrogen-bond acceptors (Lipinski definition) is 4. The summed E-state index contributed by atoms with van der Waals surface area (Å²) in [5.74, 6) is 0.200. The molecule has 1 saturated heterocycles. The summed E-state index contributed by atoms with van der Waals surface area (Å²) < 4.78 is 1.80. The summed E-state index contributed by atoms with van der Waals surface area (Å²) in [5.41, 5.74) is 3.59. The minimum Gasteiger partial charge on any atom is -0.348 e. The van der Waals surface area contributed by atoms with E-state index in [4.69, 9.17) is 0 Å². The highest BCUT2D eigenvalue weighted by Gasteiger charge is 2.35. The van der Waals surface area contributed by atoms with Gasteiger partial charge in [-0.15, -0.1) is 11.3 Å². The smallest absolute Gasteiger partial charge is 0.225 e. The van der Waals surface area contributed by atoms with Gasteiger partial charge in [0.15, 0.2) is 0 Å². The molecule has 5 nitrogen and oxygen atoms in total. The van der Waals surface area contributed by atoms with Gasteiger partial charge in [0, 0.05) is 37.1 Å². The number of benzene rings is 1. The Bertz CT molecular complexity index is 933. The molecule has 1 aliphatic rings. The van der Waals surface area contributed by atoms with Crippen molar-refractivity contribution in [2.24, 2.45) is 13.0 Å². The first-order valence-corrected chi connectivity index (χ1v) is 10.6. The van der Waals surface area contributed by atoms with Crippen molar-refractivity contribution < 1.29 is 4.79 Å². The zero-order valence-electron chi connectivity index (χ0n) is 16.3. The Morgan fingerprint density at radius 2 is 2.14 bits per heavy atom. The summed E-state index contributed by atoms with van der Waals surface area (Å²) in [7, 11) is 1.91. The van der Waals surface area contributed by atoms with Gasteiger partial charge < -0.3 is 10.6 Å². The van der Waals surface area contributed by atoms with E-state index >= 15 is 0 Å². The predicted octanol–water partition coefficient (Wildman–Crippen LogP) is 3.19. The third-order valence-electron chi connectivity index (χ3n) is 5.52. The summed E-state index contributed by atoms with van der Waals surface area (Å²) in [5, 5.41) is 13.1. The number of nitrogens with zero attached hydrogens (tertiary/aromatic N) is 2. The van der Waals surface area contributed by atoms with Crippen LogP contribution in [0.5, 0.6) is 0 Å². The molecule has 2 N–H and O–H groups in total. The Morgan fingerprint density at radius 1 is 1.32 bits per heavy atom. The lowest BCUT2D eigenvalue weighted by molar-refractivity contribution is -0.125. The average molecular weight is 395 g/mol. The maximum atomic E-state index is 13.3. The molecule has 3 aromatic rings. The van der Waals surface area contributed by atoms with Gasteiger partial charge in [-0.3, -0.25) is 9.48 Å². The van der Waals surface area contributed by atoms with E-state index in [1.165, 1.54) is 16.0 Å². The van der Waals surface area contributed by atoms with Crippen molar-refractivity contribution in [3.05, 3.63) is 75.7 Å². The Labute approximate surface area is 169 Å². The molecule has 0 saturated carbocycles. The fraction of sp³-hybridized carbons (Fsp3) is 0.364. The number of carbonyl (C=O) groups excluding carboxylic acids is 1. The van der Waals surface area contributed by atoms with Crippen molar-refractivity contribution in [2.45, 2.75) is 25.3 Å². The fourth-order valence-corrected chi connectivity index (χ4v) is 4.99. The molecule has 1 aromatic carbocycles. The van der Waals surface area contributed by atoms with Gasteiger partial charge >= 0.3 is 0 Å². The van der Waals surface area contributed by atoms with E-state index in [-0.39, 0.29) is 23.8 Å². The second-order valence-corrected chi connectivity index (χ2v) is 8.49. The molecule has 0 spiro atoms. The molecule has 0 bridgehead atoms. The zero-order chi connectivity index (χ0) is 19.5. The minimum absolute atomic E-state index is 0.00921. The number of amides is 1. The normalized spacial score (nSPS) is 20.2. The molecule has 0 radical (unpaired) electrons. The number of nitrogens with one attached hydrogen (secondary N) is 2. The SMILES string of the molecule is Cc1ccsc1C(Cc1ccccc1)NC(=O)[C@H]1CNC[C@@H]1c1cnn(C)c1. The summed E-state index contributed by atoms with van der Waals surface area (Å²) >= 11 is 1.72. The van der Waals surface area contributed by atoms with E-state index < -0.39 is 0 Å². The number of hydrogen-bond donors (Lipinski definition) is 2. The van der Waals surface area contributed by atoms with Crippen LogP contribution in [0, 0.1) is 12.8 Å². The number of rotatable bonds is 6. The van der Waals surface area contributed by atoms with E-state index in [2.05, 4.69) is 58.4 Å². The Balaban J connectivity index is 1.54. The van der Waals surface area contributed by atoms with Crippen LogP contribution in [0.3, 0.4) is 0 Å². The molecule has 3 heterocycles. The topological polar surface area (TPSA) is 59.0 Å². The fourth-order valence-electron chi connectivity index (χ4n) is 4.02. The first-order valence-electron chi connectivity index (χ1n) is 9.69. The maximum Gasteiger partial charge on any atom is 0.225 e. The first-order chi connectivity index (χ1) is 13.6. The molecule has 4 rings (SSSR count). The van der Waals surface area contributed by atoms with Gasteiger partial charge in [0.2, 0.25) is 5.91 Å². The van der Waals surface area contributed by atoms with E-state index in [1.54, 1.807) is 16.0 Å². The van der Waals surface area contributed by atoms with E-state index in [9.17, 15) is 4.79 Å². The quantitative estimate of drug-likeness (QED) is 0.675. The highest BCUT2D eigenvalue weighted by molar-refractivity contribution is 7.10. The standard InChI is InChI=1S/C22H26N4OS/c1-15-8-9-28-21(15)20(10-16-6-4-3-5-7-16)25-22(27)19-13-23-12-18(19)17-11-24-26(2)14-17/h3-9,11,14,18-20,23H,10,12-13H2,1-2H3,(H,25,27)/t18-,19+,20?/m1/s1. The molecule has 3 atom stereocenters. The van der Waals surface area contributed by atoms with Crippen LogP contribution in [0.1, 0.15) is 33.5 Å². The summed E-state index contributed by atoms with van der Waals surface area (Å²) in [6, 6.07) is 12.5. The lowest BCUT2D eigenvalue weighted by Gasteiger charge is -2.23. The Morgan fingerprint density at radius 3 is 2.82 bits per heavy atom. The van der Waals surface area contributed by atoms with Crippen LogP contribution >= 0.6 is 11.3 Å². The molecular formula is C22H26N4OS. The van der Waals surface area contributed by atoms with E-state index in [0.29, 0.717) is 6.54 Å². The van der Waals surface area contributed by atoms with Gasteiger partial charge in [0.25, 0.3) is 0 Å². The predicted molar refractivity (Wildman–Crippen MR) is 112 cm³/mol. The number of carbonyl (C=O) groups is 1.